The Morgan fingerprint density at radius 1 is 1.06 bits per heavy atom. The number of thiocarbonyl (C=S) groups is 1. The molecule has 0 radical (unpaired) electrons. The molecule has 4 rings (SSSR count). The van der Waals surface area contributed by atoms with Crippen molar-refractivity contribution < 1.29 is 14.3 Å². The van der Waals surface area contributed by atoms with Gasteiger partial charge in [-0.2, -0.15) is 0 Å². The molecular formula is C27H23BrN2O3S2. The molecule has 0 aliphatic carbocycles. The van der Waals surface area contributed by atoms with Crippen molar-refractivity contribution in [3.8, 4) is 5.75 Å². The van der Waals surface area contributed by atoms with Gasteiger partial charge in [0, 0.05) is 10.2 Å². The molecule has 0 bridgehead atoms. The van der Waals surface area contributed by atoms with E-state index in [-0.39, 0.29) is 18.4 Å². The fourth-order valence-electron chi connectivity index (χ4n) is 3.61. The molecule has 3 aromatic rings. The first-order valence-corrected chi connectivity index (χ1v) is 12.9. The highest BCUT2D eigenvalue weighted by atomic mass is 79.9. The largest absolute Gasteiger partial charge is 0.484 e. The van der Waals surface area contributed by atoms with Gasteiger partial charge < -0.3 is 10.1 Å². The summed E-state index contributed by atoms with van der Waals surface area (Å²) in [4.78, 5) is 27.4. The minimum atomic E-state index is -0.245. The van der Waals surface area contributed by atoms with Crippen molar-refractivity contribution in [1.82, 2.24) is 0 Å². The molecule has 0 spiro atoms. The zero-order chi connectivity index (χ0) is 25.1. The Balaban J connectivity index is 1.38. The number of carbonyl (C=O) groups excluding carboxylic acids is 2. The maximum atomic E-state index is 13.1. The number of aryl methyl sites for hydroxylation is 3. The number of halogens is 1. The molecule has 1 aliphatic rings. The van der Waals surface area contributed by atoms with E-state index < -0.39 is 0 Å². The zero-order valence-electron chi connectivity index (χ0n) is 19.4. The van der Waals surface area contributed by atoms with Gasteiger partial charge in [0.1, 0.15) is 5.75 Å². The molecule has 1 fully saturated rings. The van der Waals surface area contributed by atoms with Crippen LogP contribution < -0.4 is 15.0 Å². The molecule has 2 amide bonds. The summed E-state index contributed by atoms with van der Waals surface area (Å²) in [5.41, 5.74) is 5.53. The third-order valence-electron chi connectivity index (χ3n) is 5.38. The van der Waals surface area contributed by atoms with Crippen LogP contribution in [0.5, 0.6) is 5.75 Å². The Morgan fingerprint density at radius 2 is 1.80 bits per heavy atom. The molecule has 1 N–H and O–H groups in total. The van der Waals surface area contributed by atoms with Gasteiger partial charge in [-0.3, -0.25) is 14.5 Å². The van der Waals surface area contributed by atoms with Gasteiger partial charge >= 0.3 is 0 Å². The van der Waals surface area contributed by atoms with Gasteiger partial charge in [0.25, 0.3) is 11.8 Å². The van der Waals surface area contributed by atoms with Crippen molar-refractivity contribution in [3.05, 3.63) is 92.3 Å². The third kappa shape index (κ3) is 6.01. The van der Waals surface area contributed by atoms with Gasteiger partial charge in [-0.1, -0.05) is 69.7 Å². The summed E-state index contributed by atoms with van der Waals surface area (Å²) in [6, 6.07) is 18.8. The molecule has 0 unspecified atom stereocenters. The molecule has 1 saturated heterocycles. The Labute approximate surface area is 222 Å². The van der Waals surface area contributed by atoms with E-state index in [0.717, 1.165) is 32.4 Å². The molecule has 0 atom stereocenters. The standard InChI is InChI=1S/C27H23BrN2O3S2/c1-16-4-11-23(18(3)12-16)30-26(32)24(35-27(30)34)14-19-5-8-21(9-6-19)33-15-25(31)29-20-7-10-22(28)17(2)13-20/h4-14H,15H2,1-3H3,(H,29,31)/b24-14-. The van der Waals surface area contributed by atoms with Gasteiger partial charge in [0.15, 0.2) is 10.9 Å². The summed E-state index contributed by atoms with van der Waals surface area (Å²) in [5.74, 6) is 0.185. The Kier molecular flexibility index (Phi) is 7.74. The van der Waals surface area contributed by atoms with Crippen LogP contribution in [0.1, 0.15) is 22.3 Å². The number of nitrogens with one attached hydrogen (secondary N) is 1. The van der Waals surface area contributed by atoms with E-state index in [1.165, 1.54) is 11.8 Å². The second kappa shape index (κ2) is 10.8. The number of carbonyl (C=O) groups is 2. The van der Waals surface area contributed by atoms with E-state index in [1.807, 2.05) is 75.4 Å². The molecule has 1 heterocycles. The predicted molar refractivity (Wildman–Crippen MR) is 151 cm³/mol. The Morgan fingerprint density at radius 3 is 2.49 bits per heavy atom. The van der Waals surface area contributed by atoms with Crippen LogP contribution in [0.3, 0.4) is 0 Å². The van der Waals surface area contributed by atoms with E-state index in [9.17, 15) is 9.59 Å². The van der Waals surface area contributed by atoms with Crippen molar-refractivity contribution in [2.75, 3.05) is 16.8 Å². The van der Waals surface area contributed by atoms with Crippen LogP contribution in [0.4, 0.5) is 11.4 Å². The van der Waals surface area contributed by atoms with Crippen LogP contribution in [0.15, 0.2) is 70.0 Å². The molecule has 3 aromatic carbocycles. The second-order valence-corrected chi connectivity index (χ2v) is 10.7. The minimum Gasteiger partial charge on any atom is -0.484 e. The summed E-state index contributed by atoms with van der Waals surface area (Å²) >= 11 is 10.2. The smallest absolute Gasteiger partial charge is 0.270 e. The first kappa shape index (κ1) is 25.2. The van der Waals surface area contributed by atoms with E-state index in [0.29, 0.717) is 20.7 Å². The van der Waals surface area contributed by atoms with E-state index in [4.69, 9.17) is 17.0 Å². The third-order valence-corrected chi connectivity index (χ3v) is 7.57. The number of benzene rings is 3. The normalized spacial score (nSPS) is 14.5. The van der Waals surface area contributed by atoms with Crippen molar-refractivity contribution in [2.24, 2.45) is 0 Å². The first-order valence-electron chi connectivity index (χ1n) is 10.9. The topological polar surface area (TPSA) is 58.6 Å². The minimum absolute atomic E-state index is 0.108. The van der Waals surface area contributed by atoms with Crippen molar-refractivity contribution >= 4 is 73.5 Å². The van der Waals surface area contributed by atoms with Gasteiger partial charge in [-0.05, 0) is 79.9 Å². The number of amides is 2. The number of thioether (sulfide) groups is 1. The zero-order valence-corrected chi connectivity index (χ0v) is 22.6. The first-order chi connectivity index (χ1) is 16.7. The van der Waals surface area contributed by atoms with Crippen LogP contribution in [-0.4, -0.2) is 22.7 Å². The van der Waals surface area contributed by atoms with Crippen LogP contribution in [0, 0.1) is 20.8 Å². The summed E-state index contributed by atoms with van der Waals surface area (Å²) in [7, 11) is 0. The van der Waals surface area contributed by atoms with Crippen LogP contribution in [0.2, 0.25) is 0 Å². The second-order valence-electron chi connectivity index (χ2n) is 8.18. The van der Waals surface area contributed by atoms with Gasteiger partial charge in [-0.15, -0.1) is 0 Å². The van der Waals surface area contributed by atoms with Gasteiger partial charge in [-0.25, -0.2) is 0 Å². The maximum Gasteiger partial charge on any atom is 0.270 e. The molecule has 5 nitrogen and oxygen atoms in total. The Bertz CT molecular complexity index is 1350. The van der Waals surface area contributed by atoms with Crippen molar-refractivity contribution in [3.63, 3.8) is 0 Å². The lowest BCUT2D eigenvalue weighted by atomic mass is 10.1. The number of hydrogen-bond donors (Lipinski definition) is 1. The Hall–Kier alpha value is -2.94. The molecule has 0 aromatic heterocycles. The molecule has 1 aliphatic heterocycles. The average Bonchev–Trinajstić information content (AvgIpc) is 3.08. The van der Waals surface area contributed by atoms with E-state index in [1.54, 1.807) is 17.0 Å². The van der Waals surface area contributed by atoms with E-state index >= 15 is 0 Å². The number of nitrogens with zero attached hydrogens (tertiary/aromatic N) is 1. The summed E-state index contributed by atoms with van der Waals surface area (Å²) in [6.45, 7) is 5.84. The SMILES string of the molecule is Cc1ccc(N2C(=O)/C(=C/c3ccc(OCC(=O)Nc4ccc(Br)c(C)c4)cc3)SC2=S)c(C)c1. The van der Waals surface area contributed by atoms with Crippen molar-refractivity contribution in [2.45, 2.75) is 20.8 Å². The van der Waals surface area contributed by atoms with E-state index in [2.05, 4.69) is 21.2 Å². The molecule has 35 heavy (non-hydrogen) atoms. The number of ether oxygens (including phenoxy) is 1. The maximum absolute atomic E-state index is 13.1. The predicted octanol–water partition coefficient (Wildman–Crippen LogP) is 6.80. The fourth-order valence-corrected chi connectivity index (χ4v) is 5.14. The van der Waals surface area contributed by atoms with Crippen LogP contribution >= 0.6 is 39.9 Å². The highest BCUT2D eigenvalue weighted by Gasteiger charge is 2.34. The lowest BCUT2D eigenvalue weighted by molar-refractivity contribution is -0.118. The summed E-state index contributed by atoms with van der Waals surface area (Å²) in [5, 5.41) is 2.82. The quantitative estimate of drug-likeness (QED) is 0.262. The number of hydrogen-bond acceptors (Lipinski definition) is 5. The summed E-state index contributed by atoms with van der Waals surface area (Å²) in [6.07, 6.45) is 1.81. The van der Waals surface area contributed by atoms with Crippen molar-refractivity contribution in [1.29, 1.82) is 0 Å². The lowest BCUT2D eigenvalue weighted by Gasteiger charge is -2.17. The average molecular weight is 568 g/mol. The molecule has 0 saturated carbocycles. The molecule has 8 heteroatoms. The highest BCUT2D eigenvalue weighted by molar-refractivity contribution is 9.10. The highest BCUT2D eigenvalue weighted by Crippen LogP contribution is 2.37. The summed E-state index contributed by atoms with van der Waals surface area (Å²) < 4.78 is 7.11. The van der Waals surface area contributed by atoms with Gasteiger partial charge in [0.2, 0.25) is 0 Å². The van der Waals surface area contributed by atoms with Gasteiger partial charge in [0.05, 0.1) is 10.6 Å². The lowest BCUT2D eigenvalue weighted by Crippen LogP contribution is -2.28. The fraction of sp³-hybridized carbons (Fsp3) is 0.148. The molecule has 178 valence electrons. The number of rotatable bonds is 6. The number of anilines is 2. The molecular weight excluding hydrogens is 544 g/mol. The monoisotopic (exact) mass is 566 g/mol. The van der Waals surface area contributed by atoms with Crippen LogP contribution in [0.25, 0.3) is 6.08 Å². The van der Waals surface area contributed by atoms with Crippen LogP contribution in [-0.2, 0) is 9.59 Å².